The van der Waals surface area contributed by atoms with E-state index in [1.807, 2.05) is 11.3 Å². The van der Waals surface area contributed by atoms with Gasteiger partial charge < -0.3 is 4.90 Å². The summed E-state index contributed by atoms with van der Waals surface area (Å²) in [5, 5.41) is 5.04. The van der Waals surface area contributed by atoms with Crippen LogP contribution in [0.4, 0.5) is 17.1 Å². The Balaban J connectivity index is 1.18. The molecule has 1 heterocycles. The second kappa shape index (κ2) is 14.3. The number of nitrogens with zero attached hydrogens (tertiary/aromatic N) is 1. The molecule has 1 aromatic heterocycles. The summed E-state index contributed by atoms with van der Waals surface area (Å²) in [4.78, 5) is 2.52. The molecule has 10 aromatic carbocycles. The molecule has 0 saturated heterocycles. The fraction of sp³-hybridized carbons (Fsp3) is 0.0169. The van der Waals surface area contributed by atoms with E-state index in [0.717, 1.165) is 17.1 Å². The van der Waals surface area contributed by atoms with Gasteiger partial charge in [0.05, 0.1) is 11.1 Å². The molecule has 0 aliphatic heterocycles. The number of hydrogen-bond acceptors (Lipinski definition) is 2. The first-order valence-electron chi connectivity index (χ1n) is 21.0. The van der Waals surface area contributed by atoms with Gasteiger partial charge in [0.1, 0.15) is 0 Å². The van der Waals surface area contributed by atoms with Gasteiger partial charge in [-0.25, -0.2) is 0 Å². The van der Waals surface area contributed by atoms with Crippen LogP contribution in [-0.4, -0.2) is 0 Å². The first-order valence-corrected chi connectivity index (χ1v) is 21.8. The summed E-state index contributed by atoms with van der Waals surface area (Å²) in [5.41, 5.74) is 15.3. The molecular formula is C59H39NS. The summed E-state index contributed by atoms with van der Waals surface area (Å²) in [6, 6.07) is 87.4. The monoisotopic (exact) mass is 793 g/mol. The van der Waals surface area contributed by atoms with E-state index < -0.39 is 5.41 Å². The van der Waals surface area contributed by atoms with Crippen molar-refractivity contribution in [3.63, 3.8) is 0 Å². The average Bonchev–Trinajstić information content (AvgIpc) is 3.86. The largest absolute Gasteiger partial charge is 0.310 e. The minimum atomic E-state index is -0.529. The van der Waals surface area contributed by atoms with E-state index in [-0.39, 0.29) is 0 Å². The van der Waals surface area contributed by atoms with Crippen LogP contribution >= 0.6 is 11.3 Å². The molecular weight excluding hydrogens is 755 g/mol. The standard InChI is InChI=1S/C59H39NS/c1-4-17-40(18-5-1)41-31-33-45(34-32-41)60(54-37-38-56-58(51-27-13-15-30-55(51)61-56)57(54)50-28-16-20-42-19-10-11-25-47(42)50)46-35-36-49-48-26-12-14-29-52(48)59(53(49)39-46,43-21-6-2-7-22-43)44-23-8-3-9-24-44/h1-39H. The van der Waals surface area contributed by atoms with Gasteiger partial charge in [0.15, 0.2) is 0 Å². The fourth-order valence-corrected chi connectivity index (χ4v) is 11.3. The van der Waals surface area contributed by atoms with Gasteiger partial charge in [-0.2, -0.15) is 0 Å². The van der Waals surface area contributed by atoms with Crippen LogP contribution in [0.3, 0.4) is 0 Å². The van der Waals surface area contributed by atoms with Gasteiger partial charge in [-0.1, -0.05) is 194 Å². The van der Waals surface area contributed by atoms with Gasteiger partial charge in [-0.05, 0) is 103 Å². The molecule has 0 fully saturated rings. The van der Waals surface area contributed by atoms with Crippen molar-refractivity contribution in [3.05, 3.63) is 259 Å². The van der Waals surface area contributed by atoms with Crippen LogP contribution in [0.5, 0.6) is 0 Å². The lowest BCUT2D eigenvalue weighted by molar-refractivity contribution is 0.768. The summed E-state index contributed by atoms with van der Waals surface area (Å²) in [7, 11) is 0. The summed E-state index contributed by atoms with van der Waals surface area (Å²) in [6.45, 7) is 0. The normalized spacial score (nSPS) is 12.7. The van der Waals surface area contributed by atoms with Crippen molar-refractivity contribution in [2.45, 2.75) is 5.41 Å². The van der Waals surface area contributed by atoms with Crippen LogP contribution in [0.1, 0.15) is 22.3 Å². The first kappa shape index (κ1) is 35.4. The molecule has 0 bridgehead atoms. The van der Waals surface area contributed by atoms with Gasteiger partial charge in [0.2, 0.25) is 0 Å². The van der Waals surface area contributed by atoms with Crippen LogP contribution in [0.2, 0.25) is 0 Å². The number of thiophene rings is 1. The highest BCUT2D eigenvalue weighted by Crippen LogP contribution is 2.58. The third-order valence-corrected chi connectivity index (χ3v) is 13.9. The van der Waals surface area contributed by atoms with Gasteiger partial charge in [-0.15, -0.1) is 11.3 Å². The lowest BCUT2D eigenvalue weighted by Crippen LogP contribution is -2.28. The average molecular weight is 794 g/mol. The van der Waals surface area contributed by atoms with Gasteiger partial charge in [0.25, 0.3) is 0 Å². The SMILES string of the molecule is c1ccc(-c2ccc(N(c3ccc4c(c3)C(c3ccccc3)(c3ccccc3)c3ccccc3-4)c3ccc4sc5ccccc5c4c3-c3cccc4ccccc34)cc2)cc1. The van der Waals surface area contributed by atoms with Crippen LogP contribution in [0, 0.1) is 0 Å². The third kappa shape index (κ3) is 5.53. The minimum absolute atomic E-state index is 0.529. The van der Waals surface area contributed by atoms with Gasteiger partial charge in [0, 0.05) is 37.1 Å². The van der Waals surface area contributed by atoms with E-state index in [9.17, 15) is 0 Å². The van der Waals surface area contributed by atoms with E-state index in [4.69, 9.17) is 0 Å². The molecule has 286 valence electrons. The van der Waals surface area contributed by atoms with E-state index in [1.165, 1.54) is 86.6 Å². The molecule has 12 rings (SSSR count). The number of hydrogen-bond donors (Lipinski definition) is 0. The van der Waals surface area contributed by atoms with Crippen molar-refractivity contribution in [3.8, 4) is 33.4 Å². The van der Waals surface area contributed by atoms with Crippen LogP contribution in [-0.2, 0) is 5.41 Å². The predicted molar refractivity (Wildman–Crippen MR) is 260 cm³/mol. The molecule has 0 unspecified atom stereocenters. The number of fused-ring (bicyclic) bond motifs is 7. The highest BCUT2D eigenvalue weighted by Gasteiger charge is 2.46. The smallest absolute Gasteiger partial charge is 0.0714 e. The predicted octanol–water partition coefficient (Wildman–Crippen LogP) is 16.4. The quantitative estimate of drug-likeness (QED) is 0.155. The zero-order chi connectivity index (χ0) is 40.3. The Labute approximate surface area is 360 Å². The molecule has 0 N–H and O–H groups in total. The van der Waals surface area contributed by atoms with Crippen LogP contribution in [0.15, 0.2) is 237 Å². The summed E-state index contributed by atoms with van der Waals surface area (Å²) >= 11 is 1.87. The maximum absolute atomic E-state index is 2.52. The van der Waals surface area contributed by atoms with E-state index in [2.05, 4.69) is 241 Å². The van der Waals surface area contributed by atoms with Crippen molar-refractivity contribution in [1.82, 2.24) is 0 Å². The van der Waals surface area contributed by atoms with Gasteiger partial charge >= 0.3 is 0 Å². The number of anilines is 3. The highest BCUT2D eigenvalue weighted by molar-refractivity contribution is 7.26. The highest BCUT2D eigenvalue weighted by atomic mass is 32.1. The number of benzene rings is 10. The maximum atomic E-state index is 2.52. The Hall–Kier alpha value is -7.52. The van der Waals surface area contributed by atoms with Crippen molar-refractivity contribution in [2.75, 3.05) is 4.90 Å². The summed E-state index contributed by atoms with van der Waals surface area (Å²) in [6.07, 6.45) is 0. The van der Waals surface area contributed by atoms with Crippen LogP contribution in [0.25, 0.3) is 64.3 Å². The zero-order valence-electron chi connectivity index (χ0n) is 33.4. The maximum Gasteiger partial charge on any atom is 0.0714 e. The molecule has 61 heavy (non-hydrogen) atoms. The molecule has 0 spiro atoms. The lowest BCUT2D eigenvalue weighted by Gasteiger charge is -2.35. The molecule has 0 saturated carbocycles. The van der Waals surface area contributed by atoms with E-state index in [1.54, 1.807) is 0 Å². The molecule has 11 aromatic rings. The Bertz CT molecular complexity index is 3360. The minimum Gasteiger partial charge on any atom is -0.310 e. The summed E-state index contributed by atoms with van der Waals surface area (Å²) in [5.74, 6) is 0. The first-order chi connectivity index (χ1) is 30.3. The Morgan fingerprint density at radius 2 is 0.934 bits per heavy atom. The second-order valence-electron chi connectivity index (χ2n) is 16.0. The molecule has 1 nitrogen and oxygen atoms in total. The molecule has 0 atom stereocenters. The third-order valence-electron chi connectivity index (χ3n) is 12.8. The zero-order valence-corrected chi connectivity index (χ0v) is 34.2. The fourth-order valence-electron chi connectivity index (χ4n) is 10.1. The second-order valence-corrected chi connectivity index (χ2v) is 17.0. The Kier molecular flexibility index (Phi) is 8.33. The summed E-state index contributed by atoms with van der Waals surface area (Å²) < 4.78 is 2.57. The van der Waals surface area contributed by atoms with Gasteiger partial charge in [-0.3, -0.25) is 0 Å². The van der Waals surface area contributed by atoms with Crippen molar-refractivity contribution >= 4 is 59.3 Å². The Morgan fingerprint density at radius 3 is 1.70 bits per heavy atom. The molecule has 2 heteroatoms. The topological polar surface area (TPSA) is 3.24 Å². The molecule has 0 amide bonds. The van der Waals surface area contributed by atoms with Crippen LogP contribution < -0.4 is 4.90 Å². The number of rotatable bonds is 7. The van der Waals surface area contributed by atoms with E-state index in [0.29, 0.717) is 0 Å². The molecule has 1 aliphatic rings. The van der Waals surface area contributed by atoms with Crippen molar-refractivity contribution < 1.29 is 0 Å². The Morgan fingerprint density at radius 1 is 0.361 bits per heavy atom. The van der Waals surface area contributed by atoms with Crippen molar-refractivity contribution in [1.29, 1.82) is 0 Å². The van der Waals surface area contributed by atoms with E-state index >= 15 is 0 Å². The lowest BCUT2D eigenvalue weighted by atomic mass is 9.67. The van der Waals surface area contributed by atoms with Crippen molar-refractivity contribution in [2.24, 2.45) is 0 Å². The molecule has 0 radical (unpaired) electrons. The molecule has 1 aliphatic carbocycles.